The Morgan fingerprint density at radius 1 is 1.16 bits per heavy atom. The molecule has 0 aliphatic rings. The van der Waals surface area contributed by atoms with Gasteiger partial charge in [-0.05, 0) is 42.3 Å². The Bertz CT molecular complexity index is 594. The highest BCUT2D eigenvalue weighted by atomic mass is 79.9. The molecule has 0 bridgehead atoms. The Morgan fingerprint density at radius 2 is 1.84 bits per heavy atom. The van der Waals surface area contributed by atoms with Crippen LogP contribution in [0, 0.1) is 0 Å². The lowest BCUT2D eigenvalue weighted by Crippen LogP contribution is -2.08. The first kappa shape index (κ1) is 13.8. The fourth-order valence-electron chi connectivity index (χ4n) is 1.91. The van der Waals surface area contributed by atoms with Crippen molar-refractivity contribution in [1.82, 2.24) is 0 Å². The summed E-state index contributed by atoms with van der Waals surface area (Å²) in [6, 6.07) is 12.5. The van der Waals surface area contributed by atoms with Crippen molar-refractivity contribution >= 4 is 27.4 Å². The van der Waals surface area contributed by atoms with E-state index in [2.05, 4.69) is 15.9 Å². The van der Waals surface area contributed by atoms with Gasteiger partial charge in [-0.1, -0.05) is 28.1 Å². The van der Waals surface area contributed by atoms with Gasteiger partial charge in [-0.25, -0.2) is 0 Å². The number of ketones is 1. The van der Waals surface area contributed by atoms with Crippen LogP contribution in [0.1, 0.15) is 21.5 Å². The Balaban J connectivity index is 2.38. The summed E-state index contributed by atoms with van der Waals surface area (Å²) in [6.45, 7) is 0.0140. The second kappa shape index (κ2) is 5.99. The summed E-state index contributed by atoms with van der Waals surface area (Å²) >= 11 is 3.33. The number of hydrogen-bond acceptors (Lipinski definition) is 3. The molecule has 0 aliphatic heterocycles. The van der Waals surface area contributed by atoms with Gasteiger partial charge in [-0.3, -0.25) is 4.79 Å². The third-order valence-corrected chi connectivity index (χ3v) is 3.46. The van der Waals surface area contributed by atoms with Crippen LogP contribution < -0.4 is 5.73 Å². The zero-order chi connectivity index (χ0) is 13.8. The van der Waals surface area contributed by atoms with Gasteiger partial charge in [0.25, 0.3) is 0 Å². The third-order valence-electron chi connectivity index (χ3n) is 2.93. The minimum atomic E-state index is -0.107. The highest BCUT2D eigenvalue weighted by Gasteiger charge is 2.14. The molecule has 0 aliphatic carbocycles. The van der Waals surface area contributed by atoms with E-state index in [-0.39, 0.29) is 12.4 Å². The van der Waals surface area contributed by atoms with Crippen molar-refractivity contribution < 1.29 is 9.90 Å². The van der Waals surface area contributed by atoms with Crippen LogP contribution in [-0.4, -0.2) is 17.5 Å². The second-order valence-corrected chi connectivity index (χ2v) is 5.10. The number of aliphatic hydroxyl groups is 1. The molecule has 19 heavy (non-hydrogen) atoms. The topological polar surface area (TPSA) is 63.3 Å². The Hall–Kier alpha value is -1.65. The summed E-state index contributed by atoms with van der Waals surface area (Å²) in [4.78, 5) is 12.4. The van der Waals surface area contributed by atoms with Crippen molar-refractivity contribution in [3.8, 4) is 0 Å². The molecule has 2 rings (SSSR count). The molecular weight excluding hydrogens is 306 g/mol. The Labute approximate surface area is 120 Å². The molecule has 0 amide bonds. The van der Waals surface area contributed by atoms with E-state index in [0.717, 1.165) is 10.0 Å². The summed E-state index contributed by atoms with van der Waals surface area (Å²) in [7, 11) is 0. The largest absolute Gasteiger partial charge is 0.398 e. The lowest BCUT2D eigenvalue weighted by molar-refractivity contribution is 0.103. The Kier molecular flexibility index (Phi) is 4.35. The van der Waals surface area contributed by atoms with Crippen LogP contribution in [0.4, 0.5) is 5.69 Å². The van der Waals surface area contributed by atoms with Crippen LogP contribution in [0.15, 0.2) is 46.9 Å². The highest BCUT2D eigenvalue weighted by Crippen LogP contribution is 2.22. The number of carbonyl (C=O) groups excluding carboxylic acids is 1. The van der Waals surface area contributed by atoms with Gasteiger partial charge in [0.15, 0.2) is 5.78 Å². The van der Waals surface area contributed by atoms with Crippen molar-refractivity contribution in [2.75, 3.05) is 12.3 Å². The number of aliphatic hydroxyl groups excluding tert-OH is 1. The maximum atomic E-state index is 12.4. The summed E-state index contributed by atoms with van der Waals surface area (Å²) < 4.78 is 0.922. The van der Waals surface area contributed by atoms with Gasteiger partial charge in [0, 0.05) is 27.9 Å². The van der Waals surface area contributed by atoms with Gasteiger partial charge < -0.3 is 10.8 Å². The van der Waals surface area contributed by atoms with E-state index < -0.39 is 0 Å². The molecule has 0 radical (unpaired) electrons. The zero-order valence-electron chi connectivity index (χ0n) is 10.3. The first-order chi connectivity index (χ1) is 9.13. The molecule has 4 heteroatoms. The molecular formula is C15H14BrNO2. The van der Waals surface area contributed by atoms with Crippen molar-refractivity contribution in [1.29, 1.82) is 0 Å². The minimum absolute atomic E-state index is 0.0140. The average molecular weight is 320 g/mol. The molecule has 0 atom stereocenters. The maximum absolute atomic E-state index is 12.4. The summed E-state index contributed by atoms with van der Waals surface area (Å²) in [6.07, 6.45) is 0.452. The molecule has 0 saturated heterocycles. The fourth-order valence-corrected chi connectivity index (χ4v) is 2.17. The molecule has 0 fully saturated rings. The minimum Gasteiger partial charge on any atom is -0.398 e. The molecule has 98 valence electrons. The molecule has 0 saturated carbocycles. The lowest BCUT2D eigenvalue weighted by atomic mass is 9.98. The van der Waals surface area contributed by atoms with E-state index in [1.54, 1.807) is 24.3 Å². The van der Waals surface area contributed by atoms with E-state index in [1.165, 1.54) is 0 Å². The summed E-state index contributed by atoms with van der Waals surface area (Å²) in [5.41, 5.74) is 8.32. The first-order valence-electron chi connectivity index (χ1n) is 5.92. The molecule has 0 heterocycles. The smallest absolute Gasteiger partial charge is 0.195 e. The number of nitrogens with two attached hydrogens (primary N) is 1. The number of benzene rings is 2. The van der Waals surface area contributed by atoms with Crippen LogP contribution >= 0.6 is 15.9 Å². The van der Waals surface area contributed by atoms with Gasteiger partial charge in [-0.15, -0.1) is 0 Å². The molecule has 0 aromatic heterocycles. The van der Waals surface area contributed by atoms with Crippen molar-refractivity contribution in [3.63, 3.8) is 0 Å². The van der Waals surface area contributed by atoms with Crippen LogP contribution in [0.5, 0.6) is 0 Å². The number of hydrogen-bond donors (Lipinski definition) is 2. The van der Waals surface area contributed by atoms with Gasteiger partial charge in [-0.2, -0.15) is 0 Å². The Morgan fingerprint density at radius 3 is 2.47 bits per heavy atom. The van der Waals surface area contributed by atoms with Gasteiger partial charge >= 0.3 is 0 Å². The number of nitrogen functional groups attached to an aromatic ring is 1. The predicted octanol–water partition coefficient (Wildman–Crippen LogP) is 2.80. The van der Waals surface area contributed by atoms with Gasteiger partial charge in [0.2, 0.25) is 0 Å². The predicted molar refractivity (Wildman–Crippen MR) is 79.2 cm³/mol. The van der Waals surface area contributed by atoms with Gasteiger partial charge in [0.1, 0.15) is 0 Å². The average Bonchev–Trinajstić information content (AvgIpc) is 2.41. The normalized spacial score (nSPS) is 10.4. The fraction of sp³-hybridized carbons (Fsp3) is 0.133. The number of para-hydroxylation sites is 1. The third kappa shape index (κ3) is 3.03. The standard InChI is InChI=1S/C15H14BrNO2/c16-12-6-4-11(5-7-12)15(19)13-3-1-2-10(8-9-18)14(13)17/h1-7,18H,8-9,17H2. The highest BCUT2D eigenvalue weighted by molar-refractivity contribution is 9.10. The number of rotatable bonds is 4. The lowest BCUT2D eigenvalue weighted by Gasteiger charge is -2.09. The molecule has 3 nitrogen and oxygen atoms in total. The van der Waals surface area contributed by atoms with Crippen LogP contribution in [0.25, 0.3) is 0 Å². The molecule has 0 unspecified atom stereocenters. The van der Waals surface area contributed by atoms with Crippen LogP contribution in [0.3, 0.4) is 0 Å². The van der Waals surface area contributed by atoms with Gasteiger partial charge in [0.05, 0.1) is 0 Å². The van der Waals surface area contributed by atoms with Crippen LogP contribution in [-0.2, 0) is 6.42 Å². The van der Waals surface area contributed by atoms with E-state index >= 15 is 0 Å². The van der Waals surface area contributed by atoms with E-state index in [4.69, 9.17) is 10.8 Å². The van der Waals surface area contributed by atoms with E-state index in [1.807, 2.05) is 18.2 Å². The number of anilines is 1. The SMILES string of the molecule is Nc1c(CCO)cccc1C(=O)c1ccc(Br)cc1. The first-order valence-corrected chi connectivity index (χ1v) is 6.71. The van der Waals surface area contributed by atoms with E-state index in [9.17, 15) is 4.79 Å². The molecule has 2 aromatic carbocycles. The van der Waals surface area contributed by atoms with E-state index in [0.29, 0.717) is 23.2 Å². The molecule has 3 N–H and O–H groups in total. The molecule has 0 spiro atoms. The summed E-state index contributed by atoms with van der Waals surface area (Å²) in [5, 5.41) is 8.98. The van der Waals surface area contributed by atoms with Crippen LogP contribution in [0.2, 0.25) is 0 Å². The van der Waals surface area contributed by atoms with Crippen molar-refractivity contribution in [2.45, 2.75) is 6.42 Å². The number of halogens is 1. The second-order valence-electron chi connectivity index (χ2n) is 4.19. The number of carbonyl (C=O) groups is 1. The monoisotopic (exact) mass is 319 g/mol. The van der Waals surface area contributed by atoms with Crippen molar-refractivity contribution in [2.24, 2.45) is 0 Å². The summed E-state index contributed by atoms with van der Waals surface area (Å²) in [5.74, 6) is -0.107. The van der Waals surface area contributed by atoms with Crippen molar-refractivity contribution in [3.05, 3.63) is 63.6 Å². The zero-order valence-corrected chi connectivity index (χ0v) is 11.9. The molecule has 2 aromatic rings. The quantitative estimate of drug-likeness (QED) is 0.672. The maximum Gasteiger partial charge on any atom is 0.195 e.